The quantitative estimate of drug-likeness (QED) is 0.165. The summed E-state index contributed by atoms with van der Waals surface area (Å²) in [5.41, 5.74) is 0.789. The third-order valence-corrected chi connectivity index (χ3v) is 8.80. The number of benzene rings is 3. The molecule has 4 aromatic rings. The molecular formula is C28H26FN5O7S. The number of hydrogen-bond donors (Lipinski definition) is 0. The van der Waals surface area contributed by atoms with E-state index >= 15 is 0 Å². The highest BCUT2D eigenvalue weighted by atomic mass is 32.2. The zero-order valence-corrected chi connectivity index (χ0v) is 23.5. The Kier molecular flexibility index (Phi) is 8.00. The van der Waals surface area contributed by atoms with E-state index in [1.165, 1.54) is 37.4 Å². The SMILES string of the molecule is COC(=O)c1cc(C(C)N(c2cccc(F)c2)S(=O)(=O)c2ccc([N+](=O)[O-])cc2)c2nc(N3CCOCC3)cnc2c1. The first kappa shape index (κ1) is 28.8. The Morgan fingerprint density at radius 1 is 1.14 bits per heavy atom. The van der Waals surface area contributed by atoms with E-state index in [4.69, 9.17) is 14.5 Å². The van der Waals surface area contributed by atoms with Crippen molar-refractivity contribution in [3.05, 3.63) is 93.9 Å². The van der Waals surface area contributed by atoms with Crippen LogP contribution in [-0.4, -0.2) is 62.7 Å². The topological polar surface area (TPSA) is 145 Å². The van der Waals surface area contributed by atoms with Gasteiger partial charge in [0.05, 0.1) is 64.7 Å². The van der Waals surface area contributed by atoms with Crippen LogP contribution >= 0.6 is 0 Å². The van der Waals surface area contributed by atoms with E-state index in [1.807, 2.05) is 4.90 Å². The molecule has 1 unspecified atom stereocenters. The minimum Gasteiger partial charge on any atom is -0.465 e. The average Bonchev–Trinajstić information content (AvgIpc) is 3.00. The first-order valence-electron chi connectivity index (χ1n) is 12.9. The molecule has 0 spiro atoms. The summed E-state index contributed by atoms with van der Waals surface area (Å²) < 4.78 is 54.1. The Morgan fingerprint density at radius 3 is 2.50 bits per heavy atom. The molecule has 2 heterocycles. The van der Waals surface area contributed by atoms with Crippen molar-refractivity contribution >= 4 is 44.2 Å². The normalized spacial score (nSPS) is 14.4. The van der Waals surface area contributed by atoms with Crippen molar-refractivity contribution in [2.24, 2.45) is 0 Å². The van der Waals surface area contributed by atoms with Crippen LogP contribution in [0.3, 0.4) is 0 Å². The van der Waals surface area contributed by atoms with Crippen LogP contribution in [-0.2, 0) is 19.5 Å². The van der Waals surface area contributed by atoms with Crippen LogP contribution in [0.5, 0.6) is 0 Å². The first-order chi connectivity index (χ1) is 20.1. The number of ether oxygens (including phenoxy) is 2. The van der Waals surface area contributed by atoms with Crippen LogP contribution in [0, 0.1) is 15.9 Å². The van der Waals surface area contributed by atoms with Crippen LogP contribution in [0.15, 0.2) is 71.8 Å². The number of halogens is 1. The third-order valence-electron chi connectivity index (χ3n) is 6.89. The lowest BCUT2D eigenvalue weighted by Crippen LogP contribution is -2.37. The Bertz CT molecular complexity index is 1760. The van der Waals surface area contributed by atoms with E-state index in [0.717, 1.165) is 34.6 Å². The number of rotatable bonds is 8. The molecule has 42 heavy (non-hydrogen) atoms. The largest absolute Gasteiger partial charge is 0.465 e. The number of nitro groups is 1. The van der Waals surface area contributed by atoms with Gasteiger partial charge in [-0.05, 0) is 49.4 Å². The second-order valence-electron chi connectivity index (χ2n) is 9.46. The highest BCUT2D eigenvalue weighted by Gasteiger charge is 2.33. The van der Waals surface area contributed by atoms with Gasteiger partial charge in [0, 0.05) is 30.8 Å². The molecule has 14 heteroatoms. The number of nitrogens with zero attached hydrogens (tertiary/aromatic N) is 5. The molecule has 0 radical (unpaired) electrons. The van der Waals surface area contributed by atoms with Gasteiger partial charge >= 0.3 is 5.97 Å². The van der Waals surface area contributed by atoms with Crippen molar-refractivity contribution in [2.45, 2.75) is 17.9 Å². The van der Waals surface area contributed by atoms with Gasteiger partial charge in [-0.2, -0.15) is 0 Å². The van der Waals surface area contributed by atoms with Crippen molar-refractivity contribution in [3.8, 4) is 0 Å². The van der Waals surface area contributed by atoms with Gasteiger partial charge in [-0.1, -0.05) is 6.07 Å². The number of anilines is 2. The number of esters is 1. The van der Waals surface area contributed by atoms with Gasteiger partial charge in [0.25, 0.3) is 15.7 Å². The zero-order valence-electron chi connectivity index (χ0n) is 22.6. The number of hydrogen-bond acceptors (Lipinski definition) is 10. The minimum atomic E-state index is -4.45. The molecule has 1 aromatic heterocycles. The molecule has 1 fully saturated rings. The fourth-order valence-corrected chi connectivity index (χ4v) is 6.42. The summed E-state index contributed by atoms with van der Waals surface area (Å²) in [5, 5.41) is 11.2. The number of carbonyl (C=O) groups excluding carboxylic acids is 1. The van der Waals surface area contributed by atoms with E-state index in [-0.39, 0.29) is 21.8 Å². The van der Waals surface area contributed by atoms with Gasteiger partial charge in [0.1, 0.15) is 11.6 Å². The number of sulfonamides is 1. The van der Waals surface area contributed by atoms with Crippen molar-refractivity contribution in [1.82, 2.24) is 9.97 Å². The second kappa shape index (κ2) is 11.7. The van der Waals surface area contributed by atoms with E-state index < -0.39 is 32.8 Å². The first-order valence-corrected chi connectivity index (χ1v) is 14.3. The van der Waals surface area contributed by atoms with Gasteiger partial charge in [0.2, 0.25) is 0 Å². The maximum Gasteiger partial charge on any atom is 0.337 e. The number of nitro benzene ring substituents is 1. The molecule has 0 bridgehead atoms. The average molecular weight is 596 g/mol. The Labute approximate surface area is 240 Å². The Balaban J connectivity index is 1.72. The van der Waals surface area contributed by atoms with Gasteiger partial charge in [0.15, 0.2) is 0 Å². The lowest BCUT2D eigenvalue weighted by molar-refractivity contribution is -0.384. The summed E-state index contributed by atoms with van der Waals surface area (Å²) in [6.45, 7) is 3.74. The zero-order chi connectivity index (χ0) is 30.0. The highest BCUT2D eigenvalue weighted by Crippen LogP contribution is 2.37. The van der Waals surface area contributed by atoms with Crippen LogP contribution in [0.4, 0.5) is 21.6 Å². The van der Waals surface area contributed by atoms with Gasteiger partial charge in [-0.15, -0.1) is 0 Å². The van der Waals surface area contributed by atoms with Crippen LogP contribution in [0.1, 0.15) is 28.9 Å². The fraction of sp³-hybridized carbons (Fsp3) is 0.250. The summed E-state index contributed by atoms with van der Waals surface area (Å²) >= 11 is 0. The molecule has 1 aliphatic heterocycles. The number of methoxy groups -OCH3 is 1. The predicted molar refractivity (Wildman–Crippen MR) is 151 cm³/mol. The van der Waals surface area contributed by atoms with Gasteiger partial charge in [-0.25, -0.2) is 22.6 Å². The summed E-state index contributed by atoms with van der Waals surface area (Å²) in [4.78, 5) is 34.2. The van der Waals surface area contributed by atoms with Gasteiger partial charge < -0.3 is 14.4 Å². The van der Waals surface area contributed by atoms with Crippen molar-refractivity contribution < 1.29 is 32.0 Å². The number of aromatic nitrogens is 2. The summed E-state index contributed by atoms with van der Waals surface area (Å²) in [7, 11) is -3.22. The third kappa shape index (κ3) is 5.58. The summed E-state index contributed by atoms with van der Waals surface area (Å²) in [5.74, 6) is -0.799. The molecule has 0 aliphatic carbocycles. The maximum atomic E-state index is 14.5. The van der Waals surface area contributed by atoms with Crippen LogP contribution in [0.2, 0.25) is 0 Å². The monoisotopic (exact) mass is 595 g/mol. The molecule has 0 amide bonds. The molecule has 12 nitrogen and oxygen atoms in total. The molecule has 1 saturated heterocycles. The van der Waals surface area contributed by atoms with Crippen LogP contribution in [0.25, 0.3) is 11.0 Å². The lowest BCUT2D eigenvalue weighted by atomic mass is 10.0. The van der Waals surface area contributed by atoms with Crippen LogP contribution < -0.4 is 9.21 Å². The van der Waals surface area contributed by atoms with Crippen molar-refractivity contribution in [1.29, 1.82) is 0 Å². The van der Waals surface area contributed by atoms with E-state index in [9.17, 15) is 27.7 Å². The molecule has 1 aliphatic rings. The van der Waals surface area contributed by atoms with E-state index in [0.29, 0.717) is 48.7 Å². The molecule has 0 N–H and O–H groups in total. The van der Waals surface area contributed by atoms with Crippen molar-refractivity contribution in [3.63, 3.8) is 0 Å². The highest BCUT2D eigenvalue weighted by molar-refractivity contribution is 7.92. The van der Waals surface area contributed by atoms with Crippen molar-refractivity contribution in [2.75, 3.05) is 42.6 Å². The molecule has 0 saturated carbocycles. The fourth-order valence-electron chi connectivity index (χ4n) is 4.79. The summed E-state index contributed by atoms with van der Waals surface area (Å²) in [6.07, 6.45) is 1.57. The lowest BCUT2D eigenvalue weighted by Gasteiger charge is -2.32. The predicted octanol–water partition coefficient (Wildman–Crippen LogP) is 4.26. The Morgan fingerprint density at radius 2 is 1.86 bits per heavy atom. The maximum absolute atomic E-state index is 14.5. The molecule has 3 aromatic carbocycles. The molecule has 1 atom stereocenters. The Hall–Kier alpha value is -4.69. The molecular weight excluding hydrogens is 569 g/mol. The molecule has 5 rings (SSSR count). The summed E-state index contributed by atoms with van der Waals surface area (Å²) in [6, 6.07) is 11.4. The van der Waals surface area contributed by atoms with Gasteiger partial charge in [-0.3, -0.25) is 19.4 Å². The smallest absolute Gasteiger partial charge is 0.337 e. The number of carbonyl (C=O) groups is 1. The standard InChI is InChI=1S/C28H26FN5O7S/c1-18(33(22-5-3-4-20(29)16-22)42(38,39)23-8-6-21(7-9-23)34(36)37)24-14-19(28(35)40-2)15-25-27(24)31-26(17-30-25)32-10-12-41-13-11-32/h3-9,14-18H,10-13H2,1-2H3. The minimum absolute atomic E-state index is 0.00485. The number of fused-ring (bicyclic) bond motifs is 1. The number of morpholine rings is 1. The van der Waals surface area contributed by atoms with E-state index in [2.05, 4.69) is 4.98 Å². The number of non-ortho nitro benzene ring substituents is 1. The molecule has 218 valence electrons. The second-order valence-corrected chi connectivity index (χ2v) is 11.3. The van der Waals surface area contributed by atoms with E-state index in [1.54, 1.807) is 13.1 Å².